The molecule has 0 heterocycles. The molecule has 0 bridgehead atoms. The highest BCUT2D eigenvalue weighted by Crippen LogP contribution is 2.23. The molecule has 3 aromatic carbocycles. The summed E-state index contributed by atoms with van der Waals surface area (Å²) in [6, 6.07) is 25.3. The molecule has 0 saturated carbocycles. The van der Waals surface area contributed by atoms with Crippen LogP contribution in [0.4, 0.5) is 4.39 Å². The van der Waals surface area contributed by atoms with Crippen LogP contribution in [0.3, 0.4) is 0 Å². The summed E-state index contributed by atoms with van der Waals surface area (Å²) in [4.78, 5) is 0. The van der Waals surface area contributed by atoms with Crippen LogP contribution in [0.2, 0.25) is 0 Å². The van der Waals surface area contributed by atoms with Gasteiger partial charge in [0.25, 0.3) is 0 Å². The lowest BCUT2D eigenvalue weighted by atomic mass is 10.0. The van der Waals surface area contributed by atoms with Gasteiger partial charge in [-0.2, -0.15) is 0 Å². The maximum absolute atomic E-state index is 14.3. The maximum Gasteiger partial charge on any atom is 0.126 e. The zero-order chi connectivity index (χ0) is 16.8. The van der Waals surface area contributed by atoms with Gasteiger partial charge in [0.05, 0.1) is 7.11 Å². The highest BCUT2D eigenvalue weighted by atomic mass is 19.1. The zero-order valence-electron chi connectivity index (χ0n) is 13.6. The van der Waals surface area contributed by atoms with Crippen LogP contribution in [-0.2, 0) is 6.42 Å². The molecule has 3 rings (SSSR count). The van der Waals surface area contributed by atoms with Crippen molar-refractivity contribution in [1.82, 2.24) is 0 Å². The lowest BCUT2D eigenvalue weighted by Crippen LogP contribution is -1.86. The van der Waals surface area contributed by atoms with Crippen molar-refractivity contribution in [2.24, 2.45) is 0 Å². The Labute approximate surface area is 142 Å². The molecule has 2 heteroatoms. The smallest absolute Gasteiger partial charge is 0.126 e. The van der Waals surface area contributed by atoms with E-state index in [1.54, 1.807) is 13.2 Å². The fourth-order valence-corrected chi connectivity index (χ4v) is 2.54. The van der Waals surface area contributed by atoms with Gasteiger partial charge in [-0.05, 0) is 41.3 Å². The molecule has 0 amide bonds. The number of hydrogen-bond acceptors (Lipinski definition) is 1. The van der Waals surface area contributed by atoms with Gasteiger partial charge < -0.3 is 4.74 Å². The molecule has 24 heavy (non-hydrogen) atoms. The van der Waals surface area contributed by atoms with Crippen LogP contribution in [0.5, 0.6) is 5.75 Å². The Morgan fingerprint density at radius 3 is 2.08 bits per heavy atom. The third-order valence-electron chi connectivity index (χ3n) is 3.94. The van der Waals surface area contributed by atoms with E-state index in [0.29, 0.717) is 12.0 Å². The largest absolute Gasteiger partial charge is 0.497 e. The number of rotatable bonds is 5. The number of methoxy groups -OCH3 is 1. The van der Waals surface area contributed by atoms with Crippen LogP contribution in [0.1, 0.15) is 11.1 Å². The molecule has 0 unspecified atom stereocenters. The molecule has 0 saturated heterocycles. The summed E-state index contributed by atoms with van der Waals surface area (Å²) in [5.74, 6) is 0.602. The standard InChI is InChI=1S/C22H19FO/c1-24-21-14-7-17(8-15-21)9-16-22(23)20-12-10-19(11-13-20)18-5-3-2-4-6-18/h2-8,10-16H,9H2,1H3/b22-16-. The van der Waals surface area contributed by atoms with Crippen LogP contribution >= 0.6 is 0 Å². The summed E-state index contributed by atoms with van der Waals surface area (Å²) in [6.07, 6.45) is 2.16. The van der Waals surface area contributed by atoms with E-state index in [4.69, 9.17) is 4.74 Å². The molecule has 0 aliphatic carbocycles. The molecule has 0 spiro atoms. The van der Waals surface area contributed by atoms with Gasteiger partial charge in [-0.3, -0.25) is 0 Å². The topological polar surface area (TPSA) is 9.23 Å². The Kier molecular flexibility index (Phi) is 5.07. The minimum absolute atomic E-state index is 0.203. The van der Waals surface area contributed by atoms with Crippen molar-refractivity contribution in [3.05, 3.63) is 96.1 Å². The van der Waals surface area contributed by atoms with Crippen molar-refractivity contribution in [2.75, 3.05) is 7.11 Å². The minimum atomic E-state index is -0.203. The number of allylic oxidation sites excluding steroid dienone is 1. The Balaban J connectivity index is 1.71. The number of benzene rings is 3. The Morgan fingerprint density at radius 2 is 1.46 bits per heavy atom. The third-order valence-corrected chi connectivity index (χ3v) is 3.94. The van der Waals surface area contributed by atoms with Gasteiger partial charge in [0.15, 0.2) is 0 Å². The fourth-order valence-electron chi connectivity index (χ4n) is 2.54. The molecule has 0 N–H and O–H groups in total. The lowest BCUT2D eigenvalue weighted by molar-refractivity contribution is 0.414. The van der Waals surface area contributed by atoms with Crippen molar-refractivity contribution in [1.29, 1.82) is 0 Å². The number of hydrogen-bond donors (Lipinski definition) is 0. The summed E-state index contributed by atoms with van der Waals surface area (Å²) in [7, 11) is 1.63. The van der Waals surface area contributed by atoms with Gasteiger partial charge in [-0.1, -0.05) is 66.7 Å². The van der Waals surface area contributed by atoms with Crippen LogP contribution in [0, 0.1) is 0 Å². The van der Waals surface area contributed by atoms with Gasteiger partial charge in [0, 0.05) is 5.56 Å². The van der Waals surface area contributed by atoms with Crippen LogP contribution in [-0.4, -0.2) is 7.11 Å². The Bertz CT molecular complexity index is 803. The predicted octanol–water partition coefficient (Wildman–Crippen LogP) is 5.92. The molecule has 0 aromatic heterocycles. The van der Waals surface area contributed by atoms with Crippen LogP contribution in [0.25, 0.3) is 17.0 Å². The van der Waals surface area contributed by atoms with Crippen LogP contribution < -0.4 is 4.74 Å². The Hall–Kier alpha value is -2.87. The first-order valence-electron chi connectivity index (χ1n) is 7.91. The van der Waals surface area contributed by atoms with Crippen molar-refractivity contribution < 1.29 is 9.13 Å². The fraction of sp³-hybridized carbons (Fsp3) is 0.0909. The third kappa shape index (κ3) is 3.90. The normalized spacial score (nSPS) is 11.3. The van der Waals surface area contributed by atoms with Crippen molar-refractivity contribution >= 4 is 5.83 Å². The highest BCUT2D eigenvalue weighted by Gasteiger charge is 2.02. The second-order valence-electron chi connectivity index (χ2n) is 5.55. The molecule has 0 atom stereocenters. The molecular formula is C22H19FO. The van der Waals surface area contributed by atoms with E-state index in [-0.39, 0.29) is 5.83 Å². The summed E-state index contributed by atoms with van der Waals surface area (Å²) < 4.78 is 19.5. The van der Waals surface area contributed by atoms with E-state index < -0.39 is 0 Å². The van der Waals surface area contributed by atoms with Crippen LogP contribution in [0.15, 0.2) is 84.9 Å². The van der Waals surface area contributed by atoms with E-state index in [9.17, 15) is 4.39 Å². The van der Waals surface area contributed by atoms with Crippen molar-refractivity contribution in [3.63, 3.8) is 0 Å². The molecular weight excluding hydrogens is 299 g/mol. The van der Waals surface area contributed by atoms with E-state index in [1.165, 1.54) is 0 Å². The van der Waals surface area contributed by atoms with Gasteiger partial charge in [0.1, 0.15) is 11.6 Å². The number of halogens is 1. The summed E-state index contributed by atoms with van der Waals surface area (Å²) >= 11 is 0. The monoisotopic (exact) mass is 318 g/mol. The maximum atomic E-state index is 14.3. The summed E-state index contributed by atoms with van der Waals surface area (Å²) in [5.41, 5.74) is 3.86. The summed E-state index contributed by atoms with van der Waals surface area (Å²) in [6.45, 7) is 0. The van der Waals surface area contributed by atoms with E-state index in [2.05, 4.69) is 0 Å². The predicted molar refractivity (Wildman–Crippen MR) is 97.7 cm³/mol. The molecule has 3 aromatic rings. The quantitative estimate of drug-likeness (QED) is 0.568. The number of ether oxygens (including phenoxy) is 1. The van der Waals surface area contributed by atoms with Gasteiger partial charge in [0.2, 0.25) is 0 Å². The SMILES string of the molecule is COc1ccc(C/C=C(\F)c2ccc(-c3ccccc3)cc2)cc1. The second kappa shape index (κ2) is 7.60. The molecule has 0 aliphatic rings. The zero-order valence-corrected chi connectivity index (χ0v) is 13.6. The second-order valence-corrected chi connectivity index (χ2v) is 5.55. The Morgan fingerprint density at radius 1 is 0.833 bits per heavy atom. The van der Waals surface area contributed by atoms with Gasteiger partial charge in [-0.15, -0.1) is 0 Å². The first-order chi connectivity index (χ1) is 11.8. The molecule has 120 valence electrons. The van der Waals surface area contributed by atoms with E-state index in [0.717, 1.165) is 22.4 Å². The molecule has 0 aliphatic heterocycles. The molecule has 0 fully saturated rings. The van der Waals surface area contributed by atoms with E-state index >= 15 is 0 Å². The summed E-state index contributed by atoms with van der Waals surface area (Å²) in [5, 5.41) is 0. The highest BCUT2D eigenvalue weighted by molar-refractivity contribution is 5.67. The minimum Gasteiger partial charge on any atom is -0.497 e. The molecule has 0 radical (unpaired) electrons. The van der Waals surface area contributed by atoms with Gasteiger partial charge in [-0.25, -0.2) is 4.39 Å². The first-order valence-corrected chi connectivity index (χ1v) is 7.91. The average molecular weight is 318 g/mol. The van der Waals surface area contributed by atoms with E-state index in [1.807, 2.05) is 78.9 Å². The lowest BCUT2D eigenvalue weighted by Gasteiger charge is -2.04. The first kappa shape index (κ1) is 16.0. The van der Waals surface area contributed by atoms with Gasteiger partial charge >= 0.3 is 0 Å². The molecule has 1 nitrogen and oxygen atoms in total. The average Bonchev–Trinajstić information content (AvgIpc) is 2.67. The van der Waals surface area contributed by atoms with Crippen molar-refractivity contribution in [2.45, 2.75) is 6.42 Å². The van der Waals surface area contributed by atoms with Crippen molar-refractivity contribution in [3.8, 4) is 16.9 Å².